The highest BCUT2D eigenvalue weighted by molar-refractivity contribution is 9.49. The normalized spacial score (nSPS) is 30.7. The smallest absolute Gasteiger partial charge is 0.365 e. The molecule has 0 aromatic rings. The first-order valence-electron chi connectivity index (χ1n) is 53.6. The molecule has 0 spiro atoms. The van der Waals surface area contributed by atoms with Crippen LogP contribution in [0.2, 0.25) is 0 Å². The van der Waals surface area contributed by atoms with Gasteiger partial charge in [0.25, 0.3) is 0 Å². The lowest BCUT2D eigenvalue weighted by Gasteiger charge is -2.75. The Kier molecular flexibility index (Phi) is 54.6. The van der Waals surface area contributed by atoms with Crippen molar-refractivity contribution in [3.63, 3.8) is 0 Å². The predicted molar refractivity (Wildman–Crippen MR) is 643 cm³/mol. The zero-order valence-corrected chi connectivity index (χ0v) is 109. The van der Waals surface area contributed by atoms with Gasteiger partial charge in [0, 0.05) is 135 Å². The topological polar surface area (TPSA) is 138 Å². The van der Waals surface area contributed by atoms with Crippen LogP contribution in [0.15, 0.2) is 9.81 Å². The first kappa shape index (κ1) is 124. The van der Waals surface area contributed by atoms with Crippen molar-refractivity contribution in [2.24, 2.45) is 88.8 Å². The maximum atomic E-state index is 8.07. The summed E-state index contributed by atoms with van der Waals surface area (Å²) in [6.07, 6.45) is 40.3. The minimum Gasteiger partial charge on any atom is -0.365 e. The average molecular weight is 2350 g/mol. The Morgan fingerprint density at radius 1 is 0.281 bits per heavy atom. The van der Waals surface area contributed by atoms with Gasteiger partial charge in [-0.15, -0.1) is 82.6 Å². The van der Waals surface area contributed by atoms with Gasteiger partial charge in [0.05, 0.1) is 4.08 Å². The Morgan fingerprint density at radius 2 is 0.526 bits per heavy atom. The Hall–Kier alpha value is 7.22. The molecular formula is C95H190O15S20Si5. The van der Waals surface area contributed by atoms with Crippen LogP contribution in [0.5, 0.6) is 0 Å². The second-order valence-corrected chi connectivity index (χ2v) is 109. The lowest BCUT2D eigenvalue weighted by molar-refractivity contribution is 0.0963. The molecule has 0 aromatic heterocycles. The summed E-state index contributed by atoms with van der Waals surface area (Å²) in [6.45, 7) is 57.2. The van der Waals surface area contributed by atoms with Gasteiger partial charge in [-0.1, -0.05) is 173 Å². The summed E-state index contributed by atoms with van der Waals surface area (Å²) in [5.41, 5.74) is 1.48. The van der Waals surface area contributed by atoms with Crippen LogP contribution in [0, 0.1) is 88.8 Å². The average Bonchev–Trinajstić information content (AvgIpc) is 1.47. The zero-order chi connectivity index (χ0) is 98.1. The van der Waals surface area contributed by atoms with Crippen LogP contribution in [0.3, 0.4) is 0 Å². The molecule has 40 heteroatoms. The molecule has 10 rings (SSSR count). The molecule has 10 aliphatic rings. The summed E-state index contributed by atoms with van der Waals surface area (Å²) in [5.74, 6) is 7.37. The van der Waals surface area contributed by atoms with Crippen molar-refractivity contribution in [2.45, 2.75) is 406 Å². The van der Waals surface area contributed by atoms with Crippen molar-refractivity contribution in [1.29, 1.82) is 0 Å². The quantitative estimate of drug-likeness (QED) is 0.0171. The highest BCUT2D eigenvalue weighted by Gasteiger charge is 2.81. The lowest BCUT2D eigenvalue weighted by atomic mass is 9.90. The van der Waals surface area contributed by atoms with Crippen LogP contribution < -0.4 is 0 Å². The minimum absolute atomic E-state index is 0.0652. The molecule has 15 nitrogen and oxygen atoms in total. The molecule has 135 heavy (non-hydrogen) atoms. The van der Waals surface area contributed by atoms with E-state index in [1.807, 2.05) is 49.1 Å². The van der Waals surface area contributed by atoms with Crippen LogP contribution in [-0.2, 0) is 66.4 Å². The highest BCUT2D eigenvalue weighted by atomic mass is 33.8. The van der Waals surface area contributed by atoms with Gasteiger partial charge in [0.15, 0.2) is 0 Å². The third-order valence-electron chi connectivity index (χ3n) is 31.4. The maximum absolute atomic E-state index is 8.07. The van der Waals surface area contributed by atoms with Crippen LogP contribution in [-0.4, -0.2) is 174 Å². The van der Waals surface area contributed by atoms with E-state index in [-0.39, 0.29) is 37.4 Å². The number of thiol groups is 5. The van der Waals surface area contributed by atoms with E-state index in [0.717, 1.165) is 127 Å². The lowest BCUT2D eigenvalue weighted by Crippen LogP contribution is -2.60. The minimum atomic E-state index is -4.15. The number of hydrogen-bond acceptors (Lipinski definition) is 30. The predicted octanol–water partition coefficient (Wildman–Crippen LogP) is 35.3. The second-order valence-electron chi connectivity index (χ2n) is 40.8. The van der Waals surface area contributed by atoms with Crippen molar-refractivity contribution in [3.8, 4) is 0 Å². The standard InChI is InChI=1S/C95H190O15S20Si5/c1-23-96-131(97-24-2,98-25-3)121-126(116-111,88-67-78-51-56-83(88)62-78)93(61-76(21)50-42-49-74(19)45-39-38-44-73(18)47-41-48-75(20)46-40-43-72(16)17)95(129(119-114,91-70-81-54-59-86(91)65-81)124-134(105-32-10,106-33-11)107-34-12,130(120-115,92-71-82-55-60-87(92)66-82)125-135(108-35-13,109-36-14)110-37-15)77(22)94(127(117-112,89-68-79-52-57-84(89)63-79)122-132(99-26-4,100-27-5)101-28-6)128(118-113,90-69-80-53-58-85(90)64-80)123-133(102-29-7,103-30-8)104-31-9/h72-76,78-93,111-115H,23-71H2,1-22H3. The maximum Gasteiger partial charge on any atom is 0.583 e. The van der Waals surface area contributed by atoms with Gasteiger partial charge in [-0.25, -0.2) is 0 Å². The van der Waals surface area contributed by atoms with Crippen LogP contribution in [0.25, 0.3) is 0 Å². The summed E-state index contributed by atoms with van der Waals surface area (Å²) in [6, 6.07) is 0. The van der Waals surface area contributed by atoms with Gasteiger partial charge < -0.3 is 66.4 Å². The molecule has 0 N–H and O–H groups in total. The van der Waals surface area contributed by atoms with Gasteiger partial charge in [-0.05, 0) is 408 Å². The molecule has 0 radical (unpaired) electrons. The second kappa shape index (κ2) is 59.4. The van der Waals surface area contributed by atoms with E-state index in [4.69, 9.17) is 125 Å². The molecular weight excluding hydrogens is 2160 g/mol. The number of rotatable bonds is 76. The molecule has 0 aliphatic heterocycles. The molecule has 10 fully saturated rings. The molecule has 25 unspecified atom stereocenters. The van der Waals surface area contributed by atoms with E-state index < -0.39 is 84.3 Å². The van der Waals surface area contributed by atoms with E-state index in [1.165, 1.54) is 119 Å². The molecule has 25 atom stereocenters. The molecule has 0 heterocycles. The fourth-order valence-corrected chi connectivity index (χ4v) is 176. The highest BCUT2D eigenvalue weighted by Crippen LogP contribution is 3.08. The summed E-state index contributed by atoms with van der Waals surface area (Å²) in [7, 11) is -14.2. The largest absolute Gasteiger partial charge is 0.583 e. The SMILES string of the molecule is CCO[Si](OCC)(OCC)SS(SS)(C(=C(C)C(C(CC(C)CCCC(C)CCCCC(C)CCCC(C)CCCC(C)C)S(SS)(S[Si](OCC)(OCC)OCC)C1CC2CCC1C2)(S(SS)(S[Si](OCC)(OCC)OCC)C1CC2CCC1C2)S(SS)(S[Si](OCC)(OCC)OCC)C1CC2CCC1C2)S(SS)(S[Si](OCC)(OCC)OCC)C1CC2CCC1C2)C1CC2CCC1C2. The molecule has 800 valence electrons. The molecule has 10 bridgehead atoms. The number of unbranched alkanes of at least 4 members (excludes halogenated alkanes) is 1. The summed E-state index contributed by atoms with van der Waals surface area (Å²) in [4.78, 5) is 0. The Morgan fingerprint density at radius 3 is 0.763 bits per heavy atom. The van der Waals surface area contributed by atoms with E-state index in [2.05, 4.69) is 204 Å². The Labute approximate surface area is 898 Å². The summed E-state index contributed by atoms with van der Waals surface area (Å²) in [5, 5.41) is 0.256. The van der Waals surface area contributed by atoms with Crippen LogP contribution in [0.4, 0.5) is 0 Å². The molecule has 10 aliphatic carbocycles. The number of hydrogen-bond donors (Lipinski definition) is 5. The van der Waals surface area contributed by atoms with Crippen molar-refractivity contribution >= 4 is 239 Å². The monoisotopic (exact) mass is 2350 g/mol. The zero-order valence-electron chi connectivity index (χ0n) is 87.3. The van der Waals surface area contributed by atoms with Crippen molar-refractivity contribution < 1.29 is 66.4 Å². The van der Waals surface area contributed by atoms with Gasteiger partial charge in [0.2, 0.25) is 0 Å². The van der Waals surface area contributed by atoms with Crippen LogP contribution >= 0.6 is 199 Å². The molecule has 0 aromatic carbocycles. The van der Waals surface area contributed by atoms with Crippen molar-refractivity contribution in [2.75, 3.05) is 99.1 Å². The van der Waals surface area contributed by atoms with Gasteiger partial charge >= 0.3 is 39.8 Å². The molecule has 0 saturated heterocycles. The van der Waals surface area contributed by atoms with Crippen molar-refractivity contribution in [1.82, 2.24) is 0 Å². The first-order chi connectivity index (χ1) is 65.0. The third-order valence-corrected chi connectivity index (χ3v) is 141. The van der Waals surface area contributed by atoms with E-state index in [1.54, 1.807) is 0 Å². The molecule has 0 amide bonds. The van der Waals surface area contributed by atoms with E-state index >= 15 is 0 Å². The van der Waals surface area contributed by atoms with Gasteiger partial charge in [-0.2, -0.15) is 0 Å². The third kappa shape index (κ3) is 28.8. The van der Waals surface area contributed by atoms with E-state index in [0.29, 0.717) is 164 Å². The fraction of sp³-hybridized carbons (Fsp3) is 0.979. The fourth-order valence-electron chi connectivity index (χ4n) is 26.2. The van der Waals surface area contributed by atoms with E-state index in [9.17, 15) is 0 Å². The summed E-state index contributed by atoms with van der Waals surface area (Å²) < 4.78 is 119. The Balaban J connectivity index is 1.53. The Bertz CT molecular complexity index is 3240. The van der Waals surface area contributed by atoms with Gasteiger partial charge in [0.1, 0.15) is 0 Å². The first-order valence-corrected chi connectivity index (χ1v) is 93.0. The van der Waals surface area contributed by atoms with Gasteiger partial charge in [-0.3, -0.25) is 0 Å². The number of fused-ring (bicyclic) bond motifs is 10. The summed E-state index contributed by atoms with van der Waals surface area (Å²) >= 11 is 33.3. The van der Waals surface area contributed by atoms with Crippen LogP contribution in [0.1, 0.15) is 371 Å². The van der Waals surface area contributed by atoms with Crippen molar-refractivity contribution in [3.05, 3.63) is 9.81 Å². The molecule has 10 saturated carbocycles.